The van der Waals surface area contributed by atoms with Crippen molar-refractivity contribution in [3.63, 3.8) is 0 Å². The molecule has 0 fully saturated rings. The summed E-state index contributed by atoms with van der Waals surface area (Å²) in [5.41, 5.74) is 0. The summed E-state index contributed by atoms with van der Waals surface area (Å²) >= 11 is 0. The summed E-state index contributed by atoms with van der Waals surface area (Å²) in [7, 11) is 2.14. The number of aromatic nitrogens is 2. The van der Waals surface area contributed by atoms with E-state index in [0.717, 1.165) is 6.54 Å². The Bertz CT molecular complexity index is 263. The number of hydrogen-bond acceptors (Lipinski definition) is 0. The fourth-order valence-corrected chi connectivity index (χ4v) is 1.87. The predicted octanol–water partition coefficient (Wildman–Crippen LogP) is 2.46. The average Bonchev–Trinajstić information content (AvgIpc) is 2.55. The van der Waals surface area contributed by atoms with Crippen LogP contribution in [0.2, 0.25) is 0 Å². The van der Waals surface area contributed by atoms with Crippen LogP contribution < -0.4 is 4.57 Å². The highest BCUT2D eigenvalue weighted by atomic mass is 15.1. The molecule has 0 aromatic carbocycles. The molecule has 0 aliphatic heterocycles. The third-order valence-corrected chi connectivity index (χ3v) is 2.80. The lowest BCUT2D eigenvalue weighted by Gasteiger charge is -2.00. The summed E-state index contributed by atoms with van der Waals surface area (Å²) in [6, 6.07) is 0. The summed E-state index contributed by atoms with van der Waals surface area (Å²) in [6.07, 6.45) is 10.9. The predicted molar refractivity (Wildman–Crippen MR) is 59.1 cm³/mol. The van der Waals surface area contributed by atoms with Crippen molar-refractivity contribution in [2.75, 3.05) is 0 Å². The zero-order valence-electron chi connectivity index (χ0n) is 9.79. The molecular weight excluding hydrogens is 172 g/mol. The Morgan fingerprint density at radius 1 is 1.21 bits per heavy atom. The van der Waals surface area contributed by atoms with Crippen LogP contribution >= 0.6 is 0 Å². The summed E-state index contributed by atoms with van der Waals surface area (Å²) in [6.45, 7) is 5.55. The molecule has 0 N–H and O–H groups in total. The first-order valence-corrected chi connectivity index (χ1v) is 5.83. The van der Waals surface area contributed by atoms with E-state index in [1.165, 1.54) is 37.9 Å². The monoisotopic (exact) mass is 195 g/mol. The third-order valence-electron chi connectivity index (χ3n) is 2.80. The van der Waals surface area contributed by atoms with Crippen molar-refractivity contribution < 1.29 is 4.57 Å². The van der Waals surface area contributed by atoms with E-state index >= 15 is 0 Å². The van der Waals surface area contributed by atoms with Crippen LogP contribution in [0.5, 0.6) is 0 Å². The van der Waals surface area contributed by atoms with Crippen LogP contribution in [0.25, 0.3) is 0 Å². The SMILES string of the molecule is CCCCCCc1n(CC)cc[n+]1C. The van der Waals surface area contributed by atoms with Gasteiger partial charge in [0, 0.05) is 6.42 Å². The molecule has 0 aliphatic carbocycles. The van der Waals surface area contributed by atoms with Crippen LogP contribution in [-0.4, -0.2) is 4.57 Å². The molecule has 1 aromatic heterocycles. The first-order valence-electron chi connectivity index (χ1n) is 5.83. The smallest absolute Gasteiger partial charge is 0.237 e. The molecule has 1 heterocycles. The zero-order valence-corrected chi connectivity index (χ0v) is 9.79. The Kier molecular flexibility index (Phi) is 4.71. The summed E-state index contributed by atoms with van der Waals surface area (Å²) < 4.78 is 4.58. The van der Waals surface area contributed by atoms with E-state index in [4.69, 9.17) is 0 Å². The normalized spacial score (nSPS) is 10.8. The second-order valence-electron chi connectivity index (χ2n) is 3.92. The second-order valence-corrected chi connectivity index (χ2v) is 3.92. The van der Waals surface area contributed by atoms with Crippen molar-refractivity contribution in [2.24, 2.45) is 7.05 Å². The highest BCUT2D eigenvalue weighted by Gasteiger charge is 2.11. The van der Waals surface area contributed by atoms with Crippen LogP contribution in [0, 0.1) is 0 Å². The van der Waals surface area contributed by atoms with Gasteiger partial charge >= 0.3 is 0 Å². The molecular formula is C12H23N2+. The third kappa shape index (κ3) is 2.86. The van der Waals surface area contributed by atoms with Crippen molar-refractivity contribution >= 4 is 0 Å². The molecule has 80 valence electrons. The molecule has 0 saturated carbocycles. The molecule has 1 aromatic rings. The summed E-state index contributed by atoms with van der Waals surface area (Å²) in [5.74, 6) is 1.46. The second kappa shape index (κ2) is 5.84. The Morgan fingerprint density at radius 3 is 2.64 bits per heavy atom. The maximum Gasteiger partial charge on any atom is 0.256 e. The number of nitrogens with zero attached hydrogens (tertiary/aromatic N) is 2. The van der Waals surface area contributed by atoms with Gasteiger partial charge in [-0.05, 0) is 13.3 Å². The maximum absolute atomic E-state index is 2.34. The van der Waals surface area contributed by atoms with Crippen LogP contribution in [-0.2, 0) is 20.0 Å². The Balaban J connectivity index is 2.44. The van der Waals surface area contributed by atoms with Crippen LogP contribution in [0.4, 0.5) is 0 Å². The van der Waals surface area contributed by atoms with E-state index in [2.05, 4.69) is 42.4 Å². The minimum atomic E-state index is 1.09. The quantitative estimate of drug-likeness (QED) is 0.487. The van der Waals surface area contributed by atoms with E-state index in [1.807, 2.05) is 0 Å². The number of imidazole rings is 1. The van der Waals surface area contributed by atoms with Gasteiger partial charge in [0.2, 0.25) is 0 Å². The number of aryl methyl sites for hydroxylation is 2. The zero-order chi connectivity index (χ0) is 10.4. The van der Waals surface area contributed by atoms with Crippen LogP contribution in [0.1, 0.15) is 45.4 Å². The lowest BCUT2D eigenvalue weighted by molar-refractivity contribution is -0.678. The first-order chi connectivity index (χ1) is 6.79. The average molecular weight is 195 g/mol. The molecule has 0 aliphatic rings. The topological polar surface area (TPSA) is 8.81 Å². The Morgan fingerprint density at radius 2 is 2.00 bits per heavy atom. The van der Waals surface area contributed by atoms with Crippen molar-refractivity contribution in [3.05, 3.63) is 18.2 Å². The highest BCUT2D eigenvalue weighted by molar-refractivity contribution is 4.83. The first kappa shape index (κ1) is 11.3. The van der Waals surface area contributed by atoms with E-state index in [9.17, 15) is 0 Å². The van der Waals surface area contributed by atoms with Crippen LogP contribution in [0.15, 0.2) is 12.4 Å². The lowest BCUT2D eigenvalue weighted by atomic mass is 10.1. The fourth-order valence-electron chi connectivity index (χ4n) is 1.87. The Labute approximate surface area is 87.6 Å². The van der Waals surface area contributed by atoms with E-state index in [0.29, 0.717) is 0 Å². The van der Waals surface area contributed by atoms with Gasteiger partial charge in [-0.3, -0.25) is 0 Å². The van der Waals surface area contributed by atoms with Gasteiger partial charge in [-0.25, -0.2) is 9.13 Å². The van der Waals surface area contributed by atoms with Gasteiger partial charge in [0.25, 0.3) is 5.82 Å². The van der Waals surface area contributed by atoms with Crippen molar-refractivity contribution in [1.82, 2.24) is 4.57 Å². The molecule has 0 unspecified atom stereocenters. The number of rotatable bonds is 6. The summed E-state index contributed by atoms with van der Waals surface area (Å²) in [4.78, 5) is 0. The van der Waals surface area contributed by atoms with Gasteiger partial charge in [0.15, 0.2) is 0 Å². The standard InChI is InChI=1S/C12H23N2/c1-4-6-7-8-9-12-13(3)10-11-14(12)5-2/h10-11H,4-9H2,1-3H3/q+1. The molecule has 2 nitrogen and oxygen atoms in total. The number of unbranched alkanes of at least 4 members (excludes halogenated alkanes) is 3. The van der Waals surface area contributed by atoms with E-state index in [1.54, 1.807) is 0 Å². The van der Waals surface area contributed by atoms with Gasteiger partial charge < -0.3 is 0 Å². The molecule has 2 heteroatoms. The highest BCUT2D eigenvalue weighted by Crippen LogP contribution is 2.05. The Hall–Kier alpha value is -0.790. The van der Waals surface area contributed by atoms with Gasteiger partial charge in [-0.2, -0.15) is 0 Å². The minimum absolute atomic E-state index is 1.09. The van der Waals surface area contributed by atoms with Gasteiger partial charge in [0.05, 0.1) is 13.6 Å². The van der Waals surface area contributed by atoms with E-state index in [-0.39, 0.29) is 0 Å². The molecule has 0 radical (unpaired) electrons. The van der Waals surface area contributed by atoms with Gasteiger partial charge in [0.1, 0.15) is 12.4 Å². The fraction of sp³-hybridized carbons (Fsp3) is 0.750. The molecule has 0 bridgehead atoms. The van der Waals surface area contributed by atoms with Crippen molar-refractivity contribution in [1.29, 1.82) is 0 Å². The largest absolute Gasteiger partial charge is 0.256 e. The number of hydrogen-bond donors (Lipinski definition) is 0. The lowest BCUT2D eigenvalue weighted by Crippen LogP contribution is -2.32. The van der Waals surface area contributed by atoms with Crippen molar-refractivity contribution in [3.8, 4) is 0 Å². The summed E-state index contributed by atoms with van der Waals surface area (Å²) in [5, 5.41) is 0. The van der Waals surface area contributed by atoms with Crippen molar-refractivity contribution in [2.45, 2.75) is 52.5 Å². The maximum atomic E-state index is 2.34. The van der Waals surface area contributed by atoms with Gasteiger partial charge in [-0.1, -0.05) is 26.2 Å². The molecule has 0 saturated heterocycles. The van der Waals surface area contributed by atoms with E-state index < -0.39 is 0 Å². The molecule has 14 heavy (non-hydrogen) atoms. The molecule has 0 spiro atoms. The molecule has 0 amide bonds. The van der Waals surface area contributed by atoms with Gasteiger partial charge in [-0.15, -0.1) is 0 Å². The molecule has 1 rings (SSSR count). The van der Waals surface area contributed by atoms with Crippen LogP contribution in [0.3, 0.4) is 0 Å². The molecule has 0 atom stereocenters. The minimum Gasteiger partial charge on any atom is -0.237 e.